The number of benzene rings is 1. The number of aryl methyl sites for hydroxylation is 2. The van der Waals surface area contributed by atoms with Crippen LogP contribution in [0.3, 0.4) is 0 Å². The van der Waals surface area contributed by atoms with Gasteiger partial charge in [0.05, 0.1) is 12.6 Å². The lowest BCUT2D eigenvalue weighted by atomic mass is 10.1. The number of halogens is 2. The first-order valence-electron chi connectivity index (χ1n) is 8.36. The van der Waals surface area contributed by atoms with Crippen LogP contribution in [0.1, 0.15) is 29.7 Å². The highest BCUT2D eigenvalue weighted by molar-refractivity contribution is 14.0. The molecule has 0 amide bonds. The monoisotopic (exact) mass is 490 g/mol. The molecule has 0 bridgehead atoms. The Hall–Kier alpha value is -1.39. The van der Waals surface area contributed by atoms with Crippen LogP contribution in [0.2, 0.25) is 5.02 Å². The number of nitrogens with one attached hydrogen (secondary N) is 2. The van der Waals surface area contributed by atoms with Crippen molar-refractivity contribution in [3.63, 3.8) is 0 Å². The highest BCUT2D eigenvalue weighted by Gasteiger charge is 2.21. The average Bonchev–Trinajstić information content (AvgIpc) is 2.97. The Kier molecular flexibility index (Phi) is 7.66. The Morgan fingerprint density at radius 3 is 3.04 bits per heavy atom. The molecule has 0 fully saturated rings. The van der Waals surface area contributed by atoms with Crippen molar-refractivity contribution in [1.82, 2.24) is 25.4 Å². The fourth-order valence-corrected chi connectivity index (χ4v) is 3.16. The first-order valence-corrected chi connectivity index (χ1v) is 8.74. The number of aliphatic imine (C=N–C) groups is 1. The number of hydrogen-bond acceptors (Lipinski definition) is 4. The molecular weight excluding hydrogens is 467 g/mol. The van der Waals surface area contributed by atoms with Crippen LogP contribution in [-0.2, 0) is 13.0 Å². The molecule has 1 aromatic heterocycles. The predicted octanol–water partition coefficient (Wildman–Crippen LogP) is 2.07. The van der Waals surface area contributed by atoms with Gasteiger partial charge in [0.1, 0.15) is 11.6 Å². The van der Waals surface area contributed by atoms with E-state index in [9.17, 15) is 5.11 Å². The fourth-order valence-electron chi connectivity index (χ4n) is 2.96. The van der Waals surface area contributed by atoms with Crippen molar-refractivity contribution in [2.75, 3.05) is 13.6 Å². The largest absolute Gasteiger partial charge is 0.387 e. The third-order valence-electron chi connectivity index (χ3n) is 4.22. The summed E-state index contributed by atoms with van der Waals surface area (Å²) in [6, 6.07) is 7.45. The van der Waals surface area contributed by atoms with Crippen LogP contribution in [-0.4, -0.2) is 45.5 Å². The molecule has 2 unspecified atom stereocenters. The van der Waals surface area contributed by atoms with Crippen LogP contribution >= 0.6 is 35.6 Å². The van der Waals surface area contributed by atoms with Crippen LogP contribution in [0.25, 0.3) is 0 Å². The maximum absolute atomic E-state index is 10.3. The second-order valence-electron chi connectivity index (χ2n) is 6.16. The van der Waals surface area contributed by atoms with Crippen molar-refractivity contribution < 1.29 is 5.11 Å². The third kappa shape index (κ3) is 5.31. The van der Waals surface area contributed by atoms with Gasteiger partial charge in [-0.2, -0.15) is 5.10 Å². The molecule has 7 nitrogen and oxygen atoms in total. The lowest BCUT2D eigenvalue weighted by Gasteiger charge is -2.25. The second-order valence-corrected chi connectivity index (χ2v) is 6.60. The molecule has 1 aliphatic heterocycles. The summed E-state index contributed by atoms with van der Waals surface area (Å²) in [4.78, 5) is 8.66. The van der Waals surface area contributed by atoms with Gasteiger partial charge in [-0.25, -0.2) is 9.67 Å². The smallest absolute Gasteiger partial charge is 0.191 e. The summed E-state index contributed by atoms with van der Waals surface area (Å²) in [6.45, 7) is 3.01. The Balaban J connectivity index is 0.00000243. The second kappa shape index (κ2) is 9.52. The van der Waals surface area contributed by atoms with Crippen molar-refractivity contribution in [1.29, 1.82) is 0 Å². The molecule has 0 radical (unpaired) electrons. The zero-order chi connectivity index (χ0) is 17.8. The summed E-state index contributed by atoms with van der Waals surface area (Å²) >= 11 is 5.97. The maximum atomic E-state index is 10.3. The number of aromatic nitrogens is 3. The number of rotatable bonds is 4. The van der Waals surface area contributed by atoms with E-state index in [4.69, 9.17) is 11.6 Å². The van der Waals surface area contributed by atoms with E-state index in [1.807, 2.05) is 23.7 Å². The number of hydrogen-bond donors (Lipinski definition) is 3. The molecule has 0 saturated carbocycles. The van der Waals surface area contributed by atoms with Crippen LogP contribution in [0.15, 0.2) is 29.3 Å². The predicted molar refractivity (Wildman–Crippen MR) is 113 cm³/mol. The van der Waals surface area contributed by atoms with Gasteiger partial charge in [-0.1, -0.05) is 23.7 Å². The molecule has 2 atom stereocenters. The van der Waals surface area contributed by atoms with Gasteiger partial charge in [0.2, 0.25) is 0 Å². The zero-order valence-corrected chi connectivity index (χ0v) is 17.9. The first-order chi connectivity index (χ1) is 12.0. The van der Waals surface area contributed by atoms with E-state index in [2.05, 4.69) is 25.7 Å². The van der Waals surface area contributed by atoms with Crippen molar-refractivity contribution in [2.24, 2.45) is 4.99 Å². The minimum Gasteiger partial charge on any atom is -0.387 e. The molecule has 142 valence electrons. The number of aliphatic hydroxyl groups excluding tert-OH is 1. The van der Waals surface area contributed by atoms with Crippen LogP contribution in [0.5, 0.6) is 0 Å². The maximum Gasteiger partial charge on any atom is 0.191 e. The molecule has 0 spiro atoms. The lowest BCUT2D eigenvalue weighted by Crippen LogP contribution is -2.47. The van der Waals surface area contributed by atoms with E-state index < -0.39 is 6.10 Å². The molecule has 0 aliphatic carbocycles. The zero-order valence-electron chi connectivity index (χ0n) is 14.8. The molecule has 2 heterocycles. The Morgan fingerprint density at radius 1 is 1.50 bits per heavy atom. The summed E-state index contributed by atoms with van der Waals surface area (Å²) in [5.74, 6) is 2.50. The van der Waals surface area contributed by atoms with Gasteiger partial charge in [0.15, 0.2) is 5.96 Å². The van der Waals surface area contributed by atoms with Gasteiger partial charge in [-0.3, -0.25) is 4.99 Å². The fraction of sp³-hybridized carbons (Fsp3) is 0.471. The molecule has 9 heteroatoms. The van der Waals surface area contributed by atoms with Crippen molar-refractivity contribution in [3.8, 4) is 0 Å². The van der Waals surface area contributed by atoms with Gasteiger partial charge < -0.3 is 15.7 Å². The van der Waals surface area contributed by atoms with Crippen molar-refractivity contribution in [3.05, 3.63) is 46.5 Å². The van der Waals surface area contributed by atoms with Gasteiger partial charge >= 0.3 is 0 Å². The van der Waals surface area contributed by atoms with Crippen LogP contribution in [0.4, 0.5) is 0 Å². The summed E-state index contributed by atoms with van der Waals surface area (Å²) < 4.78 is 1.95. The molecule has 26 heavy (non-hydrogen) atoms. The van der Waals surface area contributed by atoms with Gasteiger partial charge in [0.25, 0.3) is 0 Å². The van der Waals surface area contributed by atoms with Crippen LogP contribution in [0, 0.1) is 6.92 Å². The van der Waals surface area contributed by atoms with Gasteiger partial charge in [-0.05, 0) is 31.0 Å². The van der Waals surface area contributed by atoms with Gasteiger partial charge in [-0.15, -0.1) is 24.0 Å². The SMILES string of the molecule is CN=C(NCC(O)c1cccc(Cl)c1)NC1CCc2nc(C)nn2C1.I. The molecular formula is C17H24ClIN6O. The van der Waals surface area contributed by atoms with E-state index in [-0.39, 0.29) is 30.0 Å². The summed E-state index contributed by atoms with van der Waals surface area (Å²) in [5.41, 5.74) is 0.774. The molecule has 3 rings (SSSR count). The average molecular weight is 491 g/mol. The number of guanidine groups is 1. The van der Waals surface area contributed by atoms with E-state index in [1.165, 1.54) is 0 Å². The molecule has 2 aromatic rings. The molecule has 3 N–H and O–H groups in total. The minimum atomic E-state index is -0.659. The number of fused-ring (bicyclic) bond motifs is 1. The Labute approximate surface area is 175 Å². The molecule has 1 aliphatic rings. The summed E-state index contributed by atoms with van der Waals surface area (Å²) in [5, 5.41) is 21.9. The topological polar surface area (TPSA) is 87.4 Å². The summed E-state index contributed by atoms with van der Waals surface area (Å²) in [7, 11) is 1.72. The minimum absolute atomic E-state index is 0. The highest BCUT2D eigenvalue weighted by atomic mass is 127. The van der Waals surface area contributed by atoms with E-state index in [0.717, 1.165) is 36.6 Å². The quantitative estimate of drug-likeness (QED) is 0.347. The lowest BCUT2D eigenvalue weighted by molar-refractivity contribution is 0.180. The van der Waals surface area contributed by atoms with E-state index >= 15 is 0 Å². The normalized spacial score (nSPS) is 17.8. The van der Waals surface area contributed by atoms with Crippen molar-refractivity contribution in [2.45, 2.75) is 38.5 Å². The summed E-state index contributed by atoms with van der Waals surface area (Å²) in [6.07, 6.45) is 1.20. The van der Waals surface area contributed by atoms with Crippen molar-refractivity contribution >= 4 is 41.5 Å². The molecule has 1 aromatic carbocycles. The number of nitrogens with zero attached hydrogens (tertiary/aromatic N) is 4. The Morgan fingerprint density at radius 2 is 2.31 bits per heavy atom. The van der Waals surface area contributed by atoms with Gasteiger partial charge in [0, 0.05) is 31.1 Å². The highest BCUT2D eigenvalue weighted by Crippen LogP contribution is 2.17. The van der Waals surface area contributed by atoms with E-state index in [1.54, 1.807) is 19.2 Å². The standard InChI is InChI=1S/C17H23ClN6O.HI/c1-11-21-16-7-6-14(10-24(16)23-11)22-17(19-2)20-9-15(25)12-4-3-5-13(18)8-12;/h3-5,8,14-15,25H,6-7,9-10H2,1-2H3,(H2,19,20,22);1H. The first kappa shape index (κ1) is 20.9. The Bertz CT molecular complexity index is 765. The van der Waals surface area contributed by atoms with Crippen LogP contribution < -0.4 is 10.6 Å². The molecule has 0 saturated heterocycles. The third-order valence-corrected chi connectivity index (χ3v) is 4.46. The van der Waals surface area contributed by atoms with E-state index in [0.29, 0.717) is 17.5 Å². The number of aliphatic hydroxyl groups is 1.